The van der Waals surface area contributed by atoms with Gasteiger partial charge in [-0.05, 0) is 35.0 Å². The monoisotopic (exact) mass is 426 g/mol. The third-order valence-corrected chi connectivity index (χ3v) is 5.56. The highest BCUT2D eigenvalue weighted by atomic mass is 79.9. The molecule has 1 N–H and O–H groups in total. The quantitative estimate of drug-likeness (QED) is 0.584. The Morgan fingerprint density at radius 3 is 2.76 bits per heavy atom. The molecule has 3 heterocycles. The molecule has 9 heteroatoms. The second kappa shape index (κ2) is 8.77. The molecule has 0 radical (unpaired) electrons. The summed E-state index contributed by atoms with van der Waals surface area (Å²) >= 11 is 5.34. The lowest BCUT2D eigenvalue weighted by Gasteiger charge is -2.36. The molecule has 1 aliphatic rings. The molecule has 1 fully saturated rings. The van der Waals surface area contributed by atoms with Crippen molar-refractivity contribution in [2.75, 3.05) is 32.7 Å². The molecule has 2 aromatic heterocycles. The zero-order chi connectivity index (χ0) is 17.6. The molecular formula is C16H23BrN6OS. The molecule has 0 unspecified atom stereocenters. The van der Waals surface area contributed by atoms with E-state index in [9.17, 15) is 0 Å². The van der Waals surface area contributed by atoms with Gasteiger partial charge in [-0.2, -0.15) is 4.98 Å². The van der Waals surface area contributed by atoms with Gasteiger partial charge in [-0.3, -0.25) is 4.90 Å². The van der Waals surface area contributed by atoms with Crippen LogP contribution in [-0.2, 0) is 13.1 Å². The third kappa shape index (κ3) is 5.26. The Kier molecular flexibility index (Phi) is 6.44. The molecule has 3 rings (SSSR count). The van der Waals surface area contributed by atoms with Gasteiger partial charge in [0.05, 0.1) is 3.79 Å². The van der Waals surface area contributed by atoms with Crippen molar-refractivity contribution in [3.05, 3.63) is 32.5 Å². The molecule has 0 amide bonds. The highest BCUT2D eigenvalue weighted by molar-refractivity contribution is 9.11. The fourth-order valence-electron chi connectivity index (χ4n) is 2.75. The summed E-state index contributed by atoms with van der Waals surface area (Å²) in [6.07, 6.45) is 0. The fraction of sp³-hybridized carbons (Fsp3) is 0.562. The largest absolute Gasteiger partial charge is 0.357 e. The predicted octanol–water partition coefficient (Wildman–Crippen LogP) is 2.49. The Morgan fingerprint density at radius 1 is 1.36 bits per heavy atom. The maximum atomic E-state index is 5.00. The number of nitrogens with zero attached hydrogens (tertiary/aromatic N) is 5. The van der Waals surface area contributed by atoms with E-state index in [1.54, 1.807) is 18.3 Å². The van der Waals surface area contributed by atoms with Crippen LogP contribution in [0.1, 0.15) is 23.5 Å². The summed E-state index contributed by atoms with van der Waals surface area (Å²) in [6.45, 7) is 10.1. The van der Waals surface area contributed by atoms with E-state index in [4.69, 9.17) is 4.52 Å². The number of halogens is 1. The van der Waals surface area contributed by atoms with Gasteiger partial charge in [0.15, 0.2) is 11.8 Å². The lowest BCUT2D eigenvalue weighted by Crippen LogP contribution is -2.52. The van der Waals surface area contributed by atoms with Gasteiger partial charge in [-0.1, -0.05) is 5.16 Å². The maximum absolute atomic E-state index is 5.00. The minimum Gasteiger partial charge on any atom is -0.357 e. The molecule has 0 saturated carbocycles. The van der Waals surface area contributed by atoms with Gasteiger partial charge in [0, 0.05) is 51.1 Å². The zero-order valence-corrected chi connectivity index (χ0v) is 16.9. The van der Waals surface area contributed by atoms with Gasteiger partial charge >= 0.3 is 0 Å². The van der Waals surface area contributed by atoms with E-state index in [0.29, 0.717) is 18.3 Å². The summed E-state index contributed by atoms with van der Waals surface area (Å²) in [5, 5.41) is 7.27. The first-order valence-electron chi connectivity index (χ1n) is 8.43. The molecule has 1 aliphatic heterocycles. The van der Waals surface area contributed by atoms with Crippen LogP contribution in [-0.4, -0.2) is 58.6 Å². The van der Waals surface area contributed by atoms with Crippen LogP contribution in [0.25, 0.3) is 0 Å². The summed E-state index contributed by atoms with van der Waals surface area (Å²) < 4.78 is 6.20. The first-order valence-corrected chi connectivity index (χ1v) is 10.0. The standard InChI is InChI=1S/C16H23BrN6OS/c1-3-18-16(19-10-15-20-12(2)24-21-15)23-8-6-22(7-9-23)11-13-4-5-14(17)25-13/h4-5H,3,6-11H2,1-2H3,(H,18,19). The zero-order valence-electron chi connectivity index (χ0n) is 14.5. The van der Waals surface area contributed by atoms with Crippen molar-refractivity contribution in [3.8, 4) is 0 Å². The van der Waals surface area contributed by atoms with Gasteiger partial charge in [-0.15, -0.1) is 11.3 Å². The highest BCUT2D eigenvalue weighted by Crippen LogP contribution is 2.23. The first kappa shape index (κ1) is 18.3. The number of hydrogen-bond acceptors (Lipinski definition) is 6. The average Bonchev–Trinajstić information content (AvgIpc) is 3.20. The predicted molar refractivity (Wildman–Crippen MR) is 103 cm³/mol. The van der Waals surface area contributed by atoms with Gasteiger partial charge in [0.1, 0.15) is 6.54 Å². The van der Waals surface area contributed by atoms with Crippen LogP contribution in [0.4, 0.5) is 0 Å². The van der Waals surface area contributed by atoms with E-state index < -0.39 is 0 Å². The van der Waals surface area contributed by atoms with Crippen molar-refractivity contribution in [3.63, 3.8) is 0 Å². The van der Waals surface area contributed by atoms with Crippen molar-refractivity contribution in [2.24, 2.45) is 4.99 Å². The van der Waals surface area contributed by atoms with Crippen molar-refractivity contribution in [1.82, 2.24) is 25.3 Å². The minimum atomic E-state index is 0.434. The van der Waals surface area contributed by atoms with E-state index in [2.05, 4.69) is 65.2 Å². The van der Waals surface area contributed by atoms with Gasteiger partial charge in [0.2, 0.25) is 5.89 Å². The Bertz CT molecular complexity index is 707. The van der Waals surface area contributed by atoms with Crippen LogP contribution in [0.3, 0.4) is 0 Å². The van der Waals surface area contributed by atoms with Gasteiger partial charge in [-0.25, -0.2) is 4.99 Å². The van der Waals surface area contributed by atoms with E-state index in [-0.39, 0.29) is 0 Å². The average molecular weight is 427 g/mol. The number of guanidine groups is 1. The second-order valence-electron chi connectivity index (χ2n) is 5.87. The summed E-state index contributed by atoms with van der Waals surface area (Å²) in [5.41, 5.74) is 0. The van der Waals surface area contributed by atoms with E-state index in [1.165, 1.54) is 8.66 Å². The Labute approximate surface area is 160 Å². The topological polar surface area (TPSA) is 69.8 Å². The molecule has 0 atom stereocenters. The van der Waals surface area contributed by atoms with E-state index >= 15 is 0 Å². The van der Waals surface area contributed by atoms with E-state index in [1.807, 2.05) is 0 Å². The molecule has 7 nitrogen and oxygen atoms in total. The number of thiophene rings is 1. The molecule has 136 valence electrons. The summed E-state index contributed by atoms with van der Waals surface area (Å²) in [6, 6.07) is 4.31. The smallest absolute Gasteiger partial charge is 0.223 e. The third-order valence-electron chi connectivity index (χ3n) is 3.95. The number of rotatable bonds is 5. The first-order chi connectivity index (χ1) is 12.1. The fourth-order valence-corrected chi connectivity index (χ4v) is 4.28. The SMILES string of the molecule is CCNC(=NCc1noc(C)n1)N1CCN(Cc2ccc(Br)s2)CC1. The summed E-state index contributed by atoms with van der Waals surface area (Å²) in [7, 11) is 0. The second-order valence-corrected chi connectivity index (χ2v) is 8.42. The van der Waals surface area contributed by atoms with Crippen LogP contribution in [0, 0.1) is 6.92 Å². The minimum absolute atomic E-state index is 0.434. The summed E-state index contributed by atoms with van der Waals surface area (Å²) in [4.78, 5) is 15.1. The molecule has 25 heavy (non-hydrogen) atoms. The normalized spacial score (nSPS) is 16.4. The van der Waals surface area contributed by atoms with Crippen LogP contribution >= 0.6 is 27.3 Å². The van der Waals surface area contributed by atoms with Crippen LogP contribution in [0.15, 0.2) is 25.4 Å². The Balaban J connectivity index is 1.54. The number of aliphatic imine (C=N–C) groups is 1. The summed E-state index contributed by atoms with van der Waals surface area (Å²) in [5.74, 6) is 2.11. The molecule has 0 aliphatic carbocycles. The molecular weight excluding hydrogens is 404 g/mol. The number of nitrogens with one attached hydrogen (secondary N) is 1. The van der Waals surface area contributed by atoms with Crippen molar-refractivity contribution < 1.29 is 4.52 Å². The van der Waals surface area contributed by atoms with Crippen LogP contribution in [0.5, 0.6) is 0 Å². The lowest BCUT2D eigenvalue weighted by molar-refractivity contribution is 0.173. The van der Waals surface area contributed by atoms with Gasteiger partial charge < -0.3 is 14.7 Å². The Hall–Kier alpha value is -1.45. The number of piperazine rings is 1. The molecule has 1 saturated heterocycles. The van der Waals surface area contributed by atoms with Crippen molar-refractivity contribution in [1.29, 1.82) is 0 Å². The lowest BCUT2D eigenvalue weighted by atomic mass is 10.3. The van der Waals surface area contributed by atoms with Crippen molar-refractivity contribution >= 4 is 33.2 Å². The maximum Gasteiger partial charge on any atom is 0.223 e. The number of hydrogen-bond donors (Lipinski definition) is 1. The molecule has 0 aromatic carbocycles. The number of aromatic nitrogens is 2. The highest BCUT2D eigenvalue weighted by Gasteiger charge is 2.20. The van der Waals surface area contributed by atoms with Crippen LogP contribution < -0.4 is 5.32 Å². The Morgan fingerprint density at radius 2 is 2.16 bits per heavy atom. The number of aryl methyl sites for hydroxylation is 1. The van der Waals surface area contributed by atoms with Crippen molar-refractivity contribution in [2.45, 2.75) is 26.9 Å². The molecule has 0 bridgehead atoms. The molecule has 0 spiro atoms. The van der Waals surface area contributed by atoms with Crippen LogP contribution in [0.2, 0.25) is 0 Å². The molecule has 2 aromatic rings. The van der Waals surface area contributed by atoms with E-state index in [0.717, 1.165) is 45.2 Å². The van der Waals surface area contributed by atoms with Gasteiger partial charge in [0.25, 0.3) is 0 Å².